The largest absolute Gasteiger partial charge is 0.493 e. The second kappa shape index (κ2) is 15.5. The Bertz CT molecular complexity index is 2500. The summed E-state index contributed by atoms with van der Waals surface area (Å²) in [6.45, 7) is 7.68. The molecular weight excluding hydrogens is 741 g/mol. The van der Waals surface area contributed by atoms with Gasteiger partial charge in [-0.15, -0.1) is 0 Å². The highest BCUT2D eigenvalue weighted by Gasteiger charge is 2.40. The number of hydrogen-bond acceptors (Lipinski definition) is 8. The summed E-state index contributed by atoms with van der Waals surface area (Å²) in [5, 5.41) is 3.54. The average Bonchev–Trinajstić information content (AvgIpc) is 3.73. The summed E-state index contributed by atoms with van der Waals surface area (Å²) in [5.74, 6) is 1.85. The normalized spacial score (nSPS) is 17.6. The van der Waals surface area contributed by atoms with Crippen LogP contribution in [0.25, 0.3) is 0 Å². The summed E-state index contributed by atoms with van der Waals surface area (Å²) in [7, 11) is 3.61. The molecule has 302 valence electrons. The number of carbonyl (C=O) groups excluding carboxylic acids is 3. The van der Waals surface area contributed by atoms with Crippen molar-refractivity contribution in [3.63, 3.8) is 0 Å². The number of ketones is 1. The van der Waals surface area contributed by atoms with Gasteiger partial charge in [-0.1, -0.05) is 62.4 Å². The monoisotopic (exact) mass is 790 g/mol. The van der Waals surface area contributed by atoms with Crippen LogP contribution in [0.3, 0.4) is 0 Å². The first-order valence-electron chi connectivity index (χ1n) is 20.6. The molecule has 10 nitrogen and oxygen atoms in total. The molecule has 9 rings (SSSR count). The Hall–Kier alpha value is -6.29. The maximum atomic E-state index is 14.1. The number of methoxy groups -OCH3 is 1. The molecule has 59 heavy (non-hydrogen) atoms. The van der Waals surface area contributed by atoms with Crippen LogP contribution < -0.4 is 34.2 Å². The molecule has 0 fully saturated rings. The van der Waals surface area contributed by atoms with Crippen LogP contribution >= 0.6 is 0 Å². The summed E-state index contributed by atoms with van der Waals surface area (Å²) in [6.07, 6.45) is 2.67. The Labute approximate surface area is 345 Å². The zero-order valence-electron chi connectivity index (χ0n) is 34.3. The van der Waals surface area contributed by atoms with E-state index in [1.807, 2.05) is 92.2 Å². The highest BCUT2D eigenvalue weighted by atomic mass is 16.5. The molecule has 4 heterocycles. The first-order valence-corrected chi connectivity index (χ1v) is 20.6. The second-order valence-electron chi connectivity index (χ2n) is 16.6. The van der Waals surface area contributed by atoms with E-state index in [1.54, 1.807) is 13.2 Å². The van der Waals surface area contributed by atoms with E-state index in [-0.39, 0.29) is 48.8 Å². The standard InChI is InChI=1S/C49H50N4O6/c1-29(2)44(54)15-14-31-17-32(27-58-45-23-40-38(16-30(45)3)48(55)52-36(25-50-40)20-34-10-6-8-12-41(34)52)19-33(18-31)28-59-47-24-43-39(22-46(47)57-5)49(56)53-37(26-51(43)4)21-35-11-7-9-13-42(35)53/h6-13,16-19,22-24,29,36-37,50H,14-15,20-21,25-28H2,1-5H3/t36-,37-/m0/s1. The molecule has 10 heteroatoms. The number of hydrogen-bond donors (Lipinski definition) is 1. The number of aryl methyl sites for hydroxylation is 2. The molecule has 0 aliphatic carbocycles. The molecule has 0 spiro atoms. The number of amides is 2. The number of nitrogens with one attached hydrogen (secondary N) is 1. The lowest BCUT2D eigenvalue weighted by atomic mass is 9.98. The zero-order valence-corrected chi connectivity index (χ0v) is 34.3. The lowest BCUT2D eigenvalue weighted by Gasteiger charge is -2.25. The van der Waals surface area contributed by atoms with E-state index >= 15 is 0 Å². The fourth-order valence-electron chi connectivity index (χ4n) is 9.19. The van der Waals surface area contributed by atoms with Crippen LogP contribution in [-0.2, 0) is 37.3 Å². The van der Waals surface area contributed by atoms with Crippen molar-refractivity contribution in [1.82, 2.24) is 0 Å². The minimum atomic E-state index is -0.0457. The molecule has 4 aliphatic heterocycles. The summed E-state index contributed by atoms with van der Waals surface area (Å²) in [5.41, 5.74) is 10.9. The molecular formula is C49H50N4O6. The van der Waals surface area contributed by atoms with Gasteiger partial charge in [0, 0.05) is 56.0 Å². The molecule has 5 aromatic rings. The SMILES string of the molecule is COc1cc2c(cc1OCc1cc(CCC(=O)C(C)C)cc(COc3cc4c(cc3C)C(=O)N3c5ccccc5C[C@H]3CN4)c1)N(C)C[C@@H]1Cc3ccccc3N1C2=O. The van der Waals surface area contributed by atoms with Crippen LogP contribution in [0.2, 0.25) is 0 Å². The minimum absolute atomic E-state index is 0.00152. The summed E-state index contributed by atoms with van der Waals surface area (Å²) in [6, 6.07) is 30.2. The molecule has 4 aliphatic rings. The fourth-order valence-corrected chi connectivity index (χ4v) is 9.19. The van der Waals surface area contributed by atoms with Crippen LogP contribution in [-0.4, -0.2) is 56.9 Å². The Morgan fingerprint density at radius 1 is 0.729 bits per heavy atom. The smallest absolute Gasteiger partial charge is 0.260 e. The van der Waals surface area contributed by atoms with Crippen LogP contribution in [0, 0.1) is 12.8 Å². The van der Waals surface area contributed by atoms with Crippen LogP contribution in [0.1, 0.15) is 74.4 Å². The third-order valence-electron chi connectivity index (χ3n) is 12.3. The topological polar surface area (TPSA) is 101 Å². The molecule has 2 atom stereocenters. The Balaban J connectivity index is 0.959. The molecule has 1 N–H and O–H groups in total. The number of ether oxygens (including phenoxy) is 3. The van der Waals surface area contributed by atoms with E-state index < -0.39 is 0 Å². The van der Waals surface area contributed by atoms with Gasteiger partial charge in [0.15, 0.2) is 11.5 Å². The number of likely N-dealkylation sites (N-methyl/N-ethyl adjacent to an activating group) is 1. The van der Waals surface area contributed by atoms with E-state index in [1.165, 1.54) is 11.1 Å². The van der Waals surface area contributed by atoms with Crippen LogP contribution in [0.4, 0.5) is 22.7 Å². The number of nitrogens with zero attached hydrogens (tertiary/aromatic N) is 3. The van der Waals surface area contributed by atoms with Crippen molar-refractivity contribution in [2.75, 3.05) is 47.3 Å². The summed E-state index contributed by atoms with van der Waals surface area (Å²) in [4.78, 5) is 46.8. The van der Waals surface area contributed by atoms with Crippen molar-refractivity contribution in [3.05, 3.63) is 136 Å². The zero-order chi connectivity index (χ0) is 40.9. The Morgan fingerprint density at radius 3 is 2.02 bits per heavy atom. The van der Waals surface area contributed by atoms with Gasteiger partial charge in [-0.2, -0.15) is 0 Å². The summed E-state index contributed by atoms with van der Waals surface area (Å²) >= 11 is 0. The van der Waals surface area contributed by atoms with Crippen molar-refractivity contribution in [1.29, 1.82) is 0 Å². The van der Waals surface area contributed by atoms with Crippen molar-refractivity contribution in [2.24, 2.45) is 5.92 Å². The second-order valence-corrected chi connectivity index (χ2v) is 16.6. The van der Waals surface area contributed by atoms with Crippen molar-refractivity contribution in [2.45, 2.75) is 71.8 Å². The molecule has 0 radical (unpaired) electrons. The average molecular weight is 791 g/mol. The Kier molecular flexibility index (Phi) is 10.0. The van der Waals surface area contributed by atoms with E-state index in [4.69, 9.17) is 14.2 Å². The van der Waals surface area contributed by atoms with Gasteiger partial charge >= 0.3 is 0 Å². The van der Waals surface area contributed by atoms with E-state index in [0.717, 1.165) is 57.8 Å². The predicted molar refractivity (Wildman–Crippen MR) is 231 cm³/mol. The van der Waals surface area contributed by atoms with Crippen LogP contribution in [0.5, 0.6) is 17.2 Å². The van der Waals surface area contributed by atoms with Gasteiger partial charge in [-0.25, -0.2) is 0 Å². The lowest BCUT2D eigenvalue weighted by Crippen LogP contribution is -2.41. The molecule has 0 unspecified atom stereocenters. The first kappa shape index (κ1) is 38.2. The third-order valence-corrected chi connectivity index (χ3v) is 12.3. The number of rotatable bonds is 11. The number of fused-ring (bicyclic) bond motifs is 8. The molecule has 0 aromatic heterocycles. The van der Waals surface area contributed by atoms with Crippen LogP contribution in [0.15, 0.2) is 91.0 Å². The minimum Gasteiger partial charge on any atom is -0.493 e. The van der Waals surface area contributed by atoms with Gasteiger partial charge < -0.3 is 34.2 Å². The number of Topliss-reactive ketones (excluding diaryl/α,β-unsaturated/α-hetero) is 1. The number of anilines is 4. The molecule has 0 saturated carbocycles. The van der Waals surface area contributed by atoms with E-state index in [2.05, 4.69) is 40.5 Å². The quantitative estimate of drug-likeness (QED) is 0.143. The Morgan fingerprint density at radius 2 is 1.34 bits per heavy atom. The number of benzene rings is 5. The highest BCUT2D eigenvalue weighted by molar-refractivity contribution is 6.13. The first-order chi connectivity index (χ1) is 28.6. The predicted octanol–water partition coefficient (Wildman–Crippen LogP) is 8.34. The number of carbonyl (C=O) groups is 3. The van der Waals surface area contributed by atoms with Gasteiger partial charge in [0.25, 0.3) is 11.8 Å². The van der Waals surface area contributed by atoms with Gasteiger partial charge in [0.1, 0.15) is 24.7 Å². The van der Waals surface area contributed by atoms with Crippen molar-refractivity contribution >= 4 is 40.3 Å². The maximum absolute atomic E-state index is 14.1. The van der Waals surface area contributed by atoms with E-state index in [0.29, 0.717) is 54.3 Å². The van der Waals surface area contributed by atoms with Crippen molar-refractivity contribution in [3.8, 4) is 17.2 Å². The molecule has 0 saturated heterocycles. The molecule has 0 bridgehead atoms. The van der Waals surface area contributed by atoms with Crippen molar-refractivity contribution < 1.29 is 28.6 Å². The molecule has 5 aromatic carbocycles. The van der Waals surface area contributed by atoms with Gasteiger partial charge in [0.05, 0.1) is 41.7 Å². The fraction of sp³-hybridized carbons (Fsp3) is 0.327. The molecule has 2 amide bonds. The number of para-hydroxylation sites is 2. The van der Waals surface area contributed by atoms with E-state index in [9.17, 15) is 14.4 Å². The third kappa shape index (κ3) is 7.15. The van der Waals surface area contributed by atoms with Gasteiger partial charge in [0.2, 0.25) is 0 Å². The lowest BCUT2D eigenvalue weighted by molar-refractivity contribution is -0.121. The van der Waals surface area contributed by atoms with Gasteiger partial charge in [-0.3, -0.25) is 14.4 Å². The van der Waals surface area contributed by atoms with Gasteiger partial charge in [-0.05, 0) is 89.9 Å². The summed E-state index contributed by atoms with van der Waals surface area (Å²) < 4.78 is 18.9. The maximum Gasteiger partial charge on any atom is 0.260 e. The highest BCUT2D eigenvalue weighted by Crippen LogP contribution is 2.43.